The minimum atomic E-state index is 0.158. The number of benzene rings is 1. The number of Topliss-reactive ketones (excluding diaryl/α,β-unsaturated/α-hetero) is 1. The first-order valence-electron chi connectivity index (χ1n) is 5.55. The average Bonchev–Trinajstić information content (AvgIpc) is 2.16. The first-order valence-corrected chi connectivity index (χ1v) is 5.55. The highest BCUT2D eigenvalue weighted by Gasteiger charge is 2.19. The molecule has 1 fully saturated rings. The van der Waals surface area contributed by atoms with Crippen molar-refractivity contribution in [3.8, 4) is 0 Å². The largest absolute Gasteiger partial charge is 0.294 e. The molecule has 0 bridgehead atoms. The first kappa shape index (κ1) is 10.2. The molecule has 0 heterocycles. The van der Waals surface area contributed by atoms with Gasteiger partial charge in [0.1, 0.15) is 0 Å². The molecule has 0 N–H and O–H groups in total. The van der Waals surface area contributed by atoms with Gasteiger partial charge in [-0.05, 0) is 24.3 Å². The number of rotatable bonds is 4. The van der Waals surface area contributed by atoms with E-state index in [1.807, 2.05) is 12.1 Å². The van der Waals surface area contributed by atoms with Crippen molar-refractivity contribution in [3.05, 3.63) is 48.0 Å². The molecule has 0 unspecified atom stereocenters. The van der Waals surface area contributed by atoms with Gasteiger partial charge >= 0.3 is 0 Å². The predicted molar refractivity (Wildman–Crippen MR) is 62.2 cm³/mol. The summed E-state index contributed by atoms with van der Waals surface area (Å²) in [6.45, 7) is 3.57. The van der Waals surface area contributed by atoms with Crippen molar-refractivity contribution in [3.63, 3.8) is 0 Å². The number of carbonyl (C=O) groups excluding carboxylic acids is 1. The third kappa shape index (κ3) is 2.17. The van der Waals surface area contributed by atoms with E-state index in [2.05, 4.69) is 18.7 Å². The van der Waals surface area contributed by atoms with Crippen LogP contribution < -0.4 is 0 Å². The quantitative estimate of drug-likeness (QED) is 0.535. The average molecular weight is 200 g/mol. The lowest BCUT2D eigenvalue weighted by atomic mass is 9.80. The Kier molecular flexibility index (Phi) is 3.00. The highest BCUT2D eigenvalue weighted by Crippen LogP contribution is 2.36. The van der Waals surface area contributed by atoms with E-state index in [9.17, 15) is 4.79 Å². The summed E-state index contributed by atoms with van der Waals surface area (Å²) in [5, 5.41) is 0. The van der Waals surface area contributed by atoms with Gasteiger partial charge in [0.15, 0.2) is 5.78 Å². The summed E-state index contributed by atoms with van der Waals surface area (Å²) in [5.41, 5.74) is 2.19. The van der Waals surface area contributed by atoms with Crippen molar-refractivity contribution in [2.45, 2.75) is 31.6 Å². The van der Waals surface area contributed by atoms with E-state index in [1.54, 1.807) is 6.08 Å². The van der Waals surface area contributed by atoms with Crippen LogP contribution in [0.2, 0.25) is 0 Å². The Balaban J connectivity index is 2.09. The zero-order chi connectivity index (χ0) is 10.7. The molecule has 0 atom stereocenters. The van der Waals surface area contributed by atoms with E-state index in [1.165, 1.54) is 24.8 Å². The molecule has 1 nitrogen and oxygen atoms in total. The molecular formula is C14H16O. The van der Waals surface area contributed by atoms with Crippen LogP contribution in [0.25, 0.3) is 0 Å². The van der Waals surface area contributed by atoms with E-state index in [-0.39, 0.29) is 5.78 Å². The topological polar surface area (TPSA) is 17.1 Å². The van der Waals surface area contributed by atoms with Crippen LogP contribution >= 0.6 is 0 Å². The molecule has 78 valence electrons. The Morgan fingerprint density at radius 3 is 2.47 bits per heavy atom. The lowest BCUT2D eigenvalue weighted by Crippen LogP contribution is -2.08. The normalized spacial score (nSPS) is 15.7. The van der Waals surface area contributed by atoms with Gasteiger partial charge in [0.25, 0.3) is 0 Å². The second-order valence-electron chi connectivity index (χ2n) is 4.17. The van der Waals surface area contributed by atoms with Crippen molar-refractivity contribution >= 4 is 5.78 Å². The fourth-order valence-corrected chi connectivity index (χ4v) is 1.93. The highest BCUT2D eigenvalue weighted by atomic mass is 16.1. The summed E-state index contributed by atoms with van der Waals surface area (Å²) in [7, 11) is 0. The molecule has 1 aromatic rings. The van der Waals surface area contributed by atoms with Gasteiger partial charge in [0, 0.05) is 12.0 Å². The lowest BCUT2D eigenvalue weighted by molar-refractivity contribution is 0.0996. The number of allylic oxidation sites excluding steroid dienone is 1. The highest BCUT2D eigenvalue weighted by molar-refractivity contribution is 5.96. The molecule has 2 rings (SSSR count). The maximum absolute atomic E-state index is 11.5. The molecule has 15 heavy (non-hydrogen) atoms. The van der Waals surface area contributed by atoms with Crippen molar-refractivity contribution < 1.29 is 4.79 Å². The second kappa shape index (κ2) is 4.43. The fourth-order valence-electron chi connectivity index (χ4n) is 1.93. The summed E-state index contributed by atoms with van der Waals surface area (Å²) in [6.07, 6.45) is 6.05. The number of ketones is 1. The maximum Gasteiger partial charge on any atom is 0.166 e. The van der Waals surface area contributed by atoms with E-state index in [4.69, 9.17) is 0 Å². The van der Waals surface area contributed by atoms with E-state index in [0.717, 1.165) is 11.5 Å². The zero-order valence-electron chi connectivity index (χ0n) is 8.91. The van der Waals surface area contributed by atoms with Gasteiger partial charge in [-0.2, -0.15) is 0 Å². The molecule has 0 saturated heterocycles. The predicted octanol–water partition coefficient (Wildman–Crippen LogP) is 3.71. The summed E-state index contributed by atoms with van der Waals surface area (Å²) in [5.74, 6) is 0.902. The molecule has 0 radical (unpaired) electrons. The third-order valence-electron chi connectivity index (χ3n) is 3.14. The molecule has 1 heteroatoms. The summed E-state index contributed by atoms with van der Waals surface area (Å²) in [6, 6.07) is 8.08. The van der Waals surface area contributed by atoms with Crippen LogP contribution in [-0.4, -0.2) is 5.78 Å². The monoisotopic (exact) mass is 200 g/mol. The minimum Gasteiger partial charge on any atom is -0.294 e. The van der Waals surface area contributed by atoms with Gasteiger partial charge in [0.2, 0.25) is 0 Å². The summed E-state index contributed by atoms with van der Waals surface area (Å²) in [4.78, 5) is 11.5. The van der Waals surface area contributed by atoms with Crippen LogP contribution in [0.5, 0.6) is 0 Å². The van der Waals surface area contributed by atoms with E-state index >= 15 is 0 Å². The smallest absolute Gasteiger partial charge is 0.166 e. The standard InChI is InChI=1S/C14H16O/c1-2-4-14(15)13-9-7-12(8-10-13)11-5-3-6-11/h2,7-11H,1,3-6H2. The molecule has 1 aliphatic carbocycles. The Labute approximate surface area is 90.8 Å². The molecule has 1 saturated carbocycles. The Morgan fingerprint density at radius 1 is 1.33 bits per heavy atom. The van der Waals surface area contributed by atoms with Crippen LogP contribution in [0.1, 0.15) is 47.5 Å². The third-order valence-corrected chi connectivity index (χ3v) is 3.14. The van der Waals surface area contributed by atoms with Crippen LogP contribution in [0, 0.1) is 0 Å². The molecular weight excluding hydrogens is 184 g/mol. The zero-order valence-corrected chi connectivity index (χ0v) is 8.91. The number of hydrogen-bond donors (Lipinski definition) is 0. The van der Waals surface area contributed by atoms with Crippen LogP contribution in [0.15, 0.2) is 36.9 Å². The fraction of sp³-hybridized carbons (Fsp3) is 0.357. The van der Waals surface area contributed by atoms with Crippen molar-refractivity contribution in [1.82, 2.24) is 0 Å². The van der Waals surface area contributed by atoms with Gasteiger partial charge in [-0.15, -0.1) is 6.58 Å². The van der Waals surface area contributed by atoms with E-state index < -0.39 is 0 Å². The number of carbonyl (C=O) groups is 1. The van der Waals surface area contributed by atoms with Crippen molar-refractivity contribution in [1.29, 1.82) is 0 Å². The summed E-state index contributed by atoms with van der Waals surface area (Å²) < 4.78 is 0. The Hall–Kier alpha value is -1.37. The first-order chi connectivity index (χ1) is 7.31. The van der Waals surface area contributed by atoms with Gasteiger partial charge < -0.3 is 0 Å². The molecule has 0 aliphatic heterocycles. The summed E-state index contributed by atoms with van der Waals surface area (Å²) >= 11 is 0. The van der Waals surface area contributed by atoms with Crippen molar-refractivity contribution in [2.24, 2.45) is 0 Å². The minimum absolute atomic E-state index is 0.158. The molecule has 1 aliphatic rings. The number of hydrogen-bond acceptors (Lipinski definition) is 1. The Morgan fingerprint density at radius 2 is 2.00 bits per heavy atom. The second-order valence-corrected chi connectivity index (χ2v) is 4.17. The van der Waals surface area contributed by atoms with E-state index in [0.29, 0.717) is 6.42 Å². The van der Waals surface area contributed by atoms with Gasteiger partial charge in [-0.3, -0.25) is 4.79 Å². The molecule has 1 aromatic carbocycles. The lowest BCUT2D eigenvalue weighted by Gasteiger charge is -2.25. The SMILES string of the molecule is C=CCC(=O)c1ccc(C2CCC2)cc1. The van der Waals surface area contributed by atoms with Gasteiger partial charge in [-0.1, -0.05) is 36.8 Å². The Bertz CT molecular complexity index is 357. The van der Waals surface area contributed by atoms with Crippen LogP contribution in [-0.2, 0) is 0 Å². The molecule has 0 amide bonds. The van der Waals surface area contributed by atoms with Crippen LogP contribution in [0.4, 0.5) is 0 Å². The maximum atomic E-state index is 11.5. The van der Waals surface area contributed by atoms with Crippen molar-refractivity contribution in [2.75, 3.05) is 0 Å². The van der Waals surface area contributed by atoms with Gasteiger partial charge in [0.05, 0.1) is 0 Å². The molecule has 0 spiro atoms. The molecule has 0 aromatic heterocycles. The van der Waals surface area contributed by atoms with Gasteiger partial charge in [-0.25, -0.2) is 0 Å². The van der Waals surface area contributed by atoms with Crippen LogP contribution in [0.3, 0.4) is 0 Å².